The maximum Gasteiger partial charge on any atom is 0.311 e. The number of ether oxygens (including phenoxy) is 1. The predicted octanol–water partition coefficient (Wildman–Crippen LogP) is 5.65. The van der Waals surface area contributed by atoms with Gasteiger partial charge < -0.3 is 24.5 Å². The number of fused-ring (bicyclic) bond motifs is 1. The molecule has 3 fully saturated rings. The summed E-state index contributed by atoms with van der Waals surface area (Å²) in [4.78, 5) is 49.3. The Balaban J connectivity index is 1.57. The summed E-state index contributed by atoms with van der Waals surface area (Å²) in [6.07, 6.45) is 6.57. The lowest BCUT2D eigenvalue weighted by molar-refractivity contribution is -0.156. The van der Waals surface area contributed by atoms with Crippen molar-refractivity contribution < 1.29 is 24.2 Å². The van der Waals surface area contributed by atoms with Crippen LogP contribution in [0, 0.1) is 11.8 Å². The van der Waals surface area contributed by atoms with Crippen LogP contribution in [0.3, 0.4) is 0 Å². The van der Waals surface area contributed by atoms with Gasteiger partial charge in [-0.05, 0) is 82.7 Å². The highest BCUT2D eigenvalue weighted by Crippen LogP contribution is 2.72. The third kappa shape index (κ3) is 6.36. The van der Waals surface area contributed by atoms with Crippen molar-refractivity contribution in [2.75, 3.05) is 42.6 Å². The molecular weight excluding hydrogens is 611 g/mol. The number of anilines is 2. The van der Waals surface area contributed by atoms with Crippen molar-refractivity contribution in [3.05, 3.63) is 85.5 Å². The lowest BCUT2D eigenvalue weighted by Gasteiger charge is -2.39. The molecule has 47 heavy (non-hydrogen) atoms. The fourth-order valence-electron chi connectivity index (χ4n) is 8.05. The lowest BCUT2D eigenvalue weighted by atomic mass is 9.66. The van der Waals surface area contributed by atoms with Crippen molar-refractivity contribution in [1.29, 1.82) is 0 Å². The molecule has 0 radical (unpaired) electrons. The van der Waals surface area contributed by atoms with E-state index in [0.717, 1.165) is 30.8 Å². The topological polar surface area (TPSA) is 90.4 Å². The van der Waals surface area contributed by atoms with E-state index in [-0.39, 0.29) is 37.5 Å². The molecule has 2 aromatic rings. The summed E-state index contributed by atoms with van der Waals surface area (Å²) >= 11 is 1.61. The molecule has 2 amide bonds. The van der Waals surface area contributed by atoms with E-state index < -0.39 is 33.4 Å². The van der Waals surface area contributed by atoms with Crippen LogP contribution < -0.4 is 9.80 Å². The first kappa shape index (κ1) is 34.8. The van der Waals surface area contributed by atoms with Gasteiger partial charge in [-0.25, -0.2) is 0 Å². The maximum atomic E-state index is 15.1. The van der Waals surface area contributed by atoms with Crippen LogP contribution in [0.1, 0.15) is 52.0 Å². The number of thioether (sulfide) groups is 1. The second-order valence-electron chi connectivity index (χ2n) is 13.0. The van der Waals surface area contributed by atoms with E-state index in [4.69, 9.17) is 4.74 Å². The second-order valence-corrected chi connectivity index (χ2v) is 14.9. The molecule has 8 nitrogen and oxygen atoms in total. The van der Waals surface area contributed by atoms with Gasteiger partial charge in [0.25, 0.3) is 5.91 Å². The first-order valence-corrected chi connectivity index (χ1v) is 17.7. The fourth-order valence-corrected chi connectivity index (χ4v) is 10.4. The second kappa shape index (κ2) is 14.7. The Bertz CT molecular complexity index is 1450. The number of rotatable bonds is 16. The average molecular weight is 660 g/mol. The van der Waals surface area contributed by atoms with Crippen molar-refractivity contribution in [3.8, 4) is 0 Å². The third-order valence-corrected chi connectivity index (χ3v) is 12.3. The molecule has 252 valence electrons. The van der Waals surface area contributed by atoms with Gasteiger partial charge in [0.1, 0.15) is 6.04 Å². The summed E-state index contributed by atoms with van der Waals surface area (Å²) in [7, 11) is 0. The Morgan fingerprint density at radius 3 is 2.36 bits per heavy atom. The molecule has 5 rings (SSSR count). The number of carbonyl (C=O) groups excluding carboxylic acids is 3. The minimum Gasteiger partial charge on any atom is -0.465 e. The highest BCUT2D eigenvalue weighted by atomic mass is 32.2. The molecule has 3 aliphatic heterocycles. The van der Waals surface area contributed by atoms with E-state index in [2.05, 4.69) is 31.9 Å². The van der Waals surface area contributed by atoms with Crippen LogP contribution in [0.2, 0.25) is 0 Å². The standard InChI is InChI=1S/C38H49N3O5S/c1-6-10-14-24-46-36(45)32-31-34(43)41(30(26-42)25-27-15-12-11-13-16-27)33(38(31)22-21-37(32,5)47-38)35(44)40(23-7-2)29-19-17-28(18-20-29)39(8-3)9-4/h6-7,11-13,15-20,30-33,42H,1-2,8-10,14,21-26H2,3-5H3/t30-,31+,32-,33?,37+,38?/m1/s1. The highest BCUT2D eigenvalue weighted by molar-refractivity contribution is 8.02. The van der Waals surface area contributed by atoms with Crippen molar-refractivity contribution in [3.63, 3.8) is 0 Å². The Morgan fingerprint density at radius 1 is 1.06 bits per heavy atom. The van der Waals surface area contributed by atoms with Gasteiger partial charge in [-0.15, -0.1) is 24.9 Å². The van der Waals surface area contributed by atoms with Crippen LogP contribution in [0.25, 0.3) is 0 Å². The minimum atomic E-state index is -0.881. The highest BCUT2D eigenvalue weighted by Gasteiger charge is 2.78. The molecular formula is C38H49N3O5S. The molecule has 3 heterocycles. The van der Waals surface area contributed by atoms with Gasteiger partial charge in [0, 0.05) is 35.8 Å². The molecule has 0 saturated carbocycles. The Morgan fingerprint density at radius 2 is 1.74 bits per heavy atom. The van der Waals surface area contributed by atoms with Crippen LogP contribution in [-0.2, 0) is 25.5 Å². The van der Waals surface area contributed by atoms with Crippen molar-refractivity contribution in [2.24, 2.45) is 11.8 Å². The number of amides is 2. The lowest BCUT2D eigenvalue weighted by Crippen LogP contribution is -2.58. The number of carbonyl (C=O) groups is 3. The first-order valence-electron chi connectivity index (χ1n) is 16.9. The summed E-state index contributed by atoms with van der Waals surface area (Å²) in [5.74, 6) is -2.27. The molecule has 1 N–H and O–H groups in total. The van der Waals surface area contributed by atoms with E-state index in [9.17, 15) is 14.7 Å². The molecule has 0 aliphatic carbocycles. The van der Waals surface area contributed by atoms with E-state index in [1.165, 1.54) is 0 Å². The van der Waals surface area contributed by atoms with Crippen LogP contribution in [-0.4, -0.2) is 82.2 Å². The molecule has 2 aromatic carbocycles. The number of hydrogen-bond donors (Lipinski definition) is 1. The monoisotopic (exact) mass is 659 g/mol. The molecule has 9 heteroatoms. The third-order valence-electron chi connectivity index (χ3n) is 10.3. The van der Waals surface area contributed by atoms with Crippen LogP contribution in [0.4, 0.5) is 11.4 Å². The summed E-state index contributed by atoms with van der Waals surface area (Å²) in [6.45, 7) is 15.9. The molecule has 2 unspecified atom stereocenters. The Hall–Kier alpha value is -3.56. The number of likely N-dealkylation sites (tertiary alicyclic amines) is 1. The van der Waals surface area contributed by atoms with E-state index in [1.807, 2.05) is 61.5 Å². The number of benzene rings is 2. The smallest absolute Gasteiger partial charge is 0.311 e. The first-order chi connectivity index (χ1) is 22.7. The van der Waals surface area contributed by atoms with Gasteiger partial charge in [-0.1, -0.05) is 42.5 Å². The molecule has 0 aromatic heterocycles. The Kier molecular flexibility index (Phi) is 10.9. The number of unbranched alkanes of at least 4 members (excludes halogenated alkanes) is 1. The number of esters is 1. The molecule has 2 bridgehead atoms. The van der Waals surface area contributed by atoms with E-state index in [0.29, 0.717) is 31.4 Å². The Labute approximate surface area is 283 Å². The summed E-state index contributed by atoms with van der Waals surface area (Å²) in [5.41, 5.74) is 2.73. The van der Waals surface area contributed by atoms with Gasteiger partial charge in [0.05, 0.1) is 35.8 Å². The number of aliphatic hydroxyl groups is 1. The predicted molar refractivity (Wildman–Crippen MR) is 190 cm³/mol. The normalized spacial score (nSPS) is 26.5. The number of nitrogens with zero attached hydrogens (tertiary/aromatic N) is 3. The number of aliphatic hydroxyl groups excluding tert-OH is 1. The van der Waals surface area contributed by atoms with E-state index in [1.54, 1.807) is 33.7 Å². The number of hydrogen-bond acceptors (Lipinski definition) is 7. The van der Waals surface area contributed by atoms with Gasteiger partial charge >= 0.3 is 5.97 Å². The van der Waals surface area contributed by atoms with Crippen LogP contribution >= 0.6 is 11.8 Å². The quantitative estimate of drug-likeness (QED) is 0.142. The van der Waals surface area contributed by atoms with Crippen LogP contribution in [0.15, 0.2) is 79.9 Å². The molecule has 3 saturated heterocycles. The fraction of sp³-hybridized carbons (Fsp3) is 0.500. The number of allylic oxidation sites excluding steroid dienone is 1. The zero-order chi connectivity index (χ0) is 33.8. The summed E-state index contributed by atoms with van der Waals surface area (Å²) < 4.78 is 4.41. The van der Waals surface area contributed by atoms with Crippen LogP contribution in [0.5, 0.6) is 0 Å². The molecule has 6 atom stereocenters. The average Bonchev–Trinajstić information content (AvgIpc) is 3.66. The zero-order valence-corrected chi connectivity index (χ0v) is 28.8. The SMILES string of the molecule is C=CCCCOC(=O)[C@H]1[C@H]2C(=O)N([C@@H](CO)Cc3ccccc3)C(C(=O)N(CC=C)c3ccc(N(CC)CC)cc3)C23CC[C@]1(C)S3. The van der Waals surface area contributed by atoms with Gasteiger partial charge in [-0.2, -0.15) is 0 Å². The largest absolute Gasteiger partial charge is 0.465 e. The van der Waals surface area contributed by atoms with Gasteiger partial charge in [0.2, 0.25) is 5.91 Å². The van der Waals surface area contributed by atoms with E-state index >= 15 is 4.79 Å². The molecule has 3 aliphatic rings. The van der Waals surface area contributed by atoms with Crippen molar-refractivity contribution in [2.45, 2.75) is 74.5 Å². The zero-order valence-electron chi connectivity index (χ0n) is 28.0. The van der Waals surface area contributed by atoms with Crippen molar-refractivity contribution >= 4 is 40.9 Å². The maximum absolute atomic E-state index is 15.1. The van der Waals surface area contributed by atoms with Gasteiger partial charge in [0.15, 0.2) is 0 Å². The summed E-state index contributed by atoms with van der Waals surface area (Å²) in [6, 6.07) is 16.1. The summed E-state index contributed by atoms with van der Waals surface area (Å²) in [5, 5.41) is 10.8. The van der Waals surface area contributed by atoms with Crippen molar-refractivity contribution in [1.82, 2.24) is 4.90 Å². The van der Waals surface area contributed by atoms with Gasteiger partial charge in [-0.3, -0.25) is 14.4 Å². The molecule has 1 spiro atoms. The minimum absolute atomic E-state index is 0.223.